The van der Waals surface area contributed by atoms with Gasteiger partial charge in [-0.15, -0.1) is 24.8 Å². The zero-order chi connectivity index (χ0) is 11.8. The summed E-state index contributed by atoms with van der Waals surface area (Å²) in [6.07, 6.45) is 0.546. The fourth-order valence-corrected chi connectivity index (χ4v) is 1.80. The first-order chi connectivity index (χ1) is 7.72. The predicted octanol–water partition coefficient (Wildman–Crippen LogP) is 0.276. The Labute approximate surface area is 122 Å². The van der Waals surface area contributed by atoms with Gasteiger partial charge < -0.3 is 15.4 Å². The van der Waals surface area contributed by atoms with Crippen LogP contribution in [0.5, 0.6) is 0 Å². The first-order valence-corrected chi connectivity index (χ1v) is 5.96. The van der Waals surface area contributed by atoms with E-state index in [1.54, 1.807) is 0 Å². The van der Waals surface area contributed by atoms with Crippen LogP contribution in [0.15, 0.2) is 0 Å². The van der Waals surface area contributed by atoms with Gasteiger partial charge in [-0.05, 0) is 14.0 Å². The van der Waals surface area contributed by atoms with Crippen LogP contribution < -0.4 is 10.6 Å². The van der Waals surface area contributed by atoms with Crippen LogP contribution in [-0.2, 0) is 9.53 Å². The molecule has 0 aromatic carbocycles. The van der Waals surface area contributed by atoms with Gasteiger partial charge in [-0.25, -0.2) is 0 Å². The highest BCUT2D eigenvalue weighted by atomic mass is 35.5. The van der Waals surface area contributed by atoms with Crippen molar-refractivity contribution in [1.82, 2.24) is 15.5 Å². The molecule has 1 unspecified atom stereocenters. The zero-order valence-corrected chi connectivity index (χ0v) is 12.7. The van der Waals surface area contributed by atoms with E-state index in [1.165, 1.54) is 0 Å². The summed E-state index contributed by atoms with van der Waals surface area (Å²) >= 11 is 0. The van der Waals surface area contributed by atoms with E-state index in [0.29, 0.717) is 6.42 Å². The van der Waals surface area contributed by atoms with E-state index < -0.39 is 0 Å². The quantitative estimate of drug-likeness (QED) is 0.740. The summed E-state index contributed by atoms with van der Waals surface area (Å²) in [5.41, 5.74) is 0. The molecular weight excluding hydrogens is 277 g/mol. The van der Waals surface area contributed by atoms with Crippen LogP contribution in [0.1, 0.15) is 13.3 Å². The van der Waals surface area contributed by atoms with Gasteiger partial charge in [-0.2, -0.15) is 0 Å². The Bertz CT molecular complexity index is 214. The Morgan fingerprint density at radius 1 is 1.33 bits per heavy atom. The molecule has 1 aliphatic rings. The number of hydrogen-bond acceptors (Lipinski definition) is 4. The molecule has 0 aliphatic carbocycles. The highest BCUT2D eigenvalue weighted by molar-refractivity contribution is 5.85. The van der Waals surface area contributed by atoms with Gasteiger partial charge in [0.1, 0.15) is 0 Å². The highest BCUT2D eigenvalue weighted by Gasteiger charge is 2.14. The number of carbonyl (C=O) groups is 1. The zero-order valence-electron chi connectivity index (χ0n) is 11.1. The summed E-state index contributed by atoms with van der Waals surface area (Å²) in [7, 11) is 1.85. The normalized spacial score (nSPS) is 17.2. The van der Waals surface area contributed by atoms with Crippen molar-refractivity contribution in [2.45, 2.75) is 19.4 Å². The molecule has 7 heteroatoms. The van der Waals surface area contributed by atoms with Gasteiger partial charge in [0, 0.05) is 38.6 Å². The van der Waals surface area contributed by atoms with Crippen LogP contribution >= 0.6 is 24.8 Å². The topological polar surface area (TPSA) is 53.6 Å². The number of ether oxygens (including phenoxy) is 1. The lowest BCUT2D eigenvalue weighted by Gasteiger charge is -2.29. The maximum absolute atomic E-state index is 11.5. The number of carbonyl (C=O) groups excluding carboxylic acids is 1. The molecule has 0 radical (unpaired) electrons. The van der Waals surface area contributed by atoms with E-state index in [9.17, 15) is 4.79 Å². The fourth-order valence-electron chi connectivity index (χ4n) is 1.80. The Kier molecular flexibility index (Phi) is 13.5. The van der Waals surface area contributed by atoms with Crippen molar-refractivity contribution >= 4 is 30.7 Å². The van der Waals surface area contributed by atoms with Crippen LogP contribution in [-0.4, -0.2) is 63.3 Å². The van der Waals surface area contributed by atoms with Gasteiger partial charge in [0.05, 0.1) is 13.2 Å². The number of amides is 1. The molecule has 1 saturated heterocycles. The van der Waals surface area contributed by atoms with Gasteiger partial charge >= 0.3 is 0 Å². The Hall–Kier alpha value is -0.0700. The van der Waals surface area contributed by atoms with E-state index in [1.807, 2.05) is 14.0 Å². The summed E-state index contributed by atoms with van der Waals surface area (Å²) in [6.45, 7) is 7.24. The van der Waals surface area contributed by atoms with Crippen molar-refractivity contribution in [3.8, 4) is 0 Å². The SMILES string of the molecule is CNCCC(=O)NC(C)CN1CCOCC1.Cl.Cl. The summed E-state index contributed by atoms with van der Waals surface area (Å²) in [6, 6.07) is 0.211. The molecule has 1 aliphatic heterocycles. The smallest absolute Gasteiger partial charge is 0.221 e. The first kappa shape index (κ1) is 20.3. The minimum absolute atomic E-state index is 0. The van der Waals surface area contributed by atoms with Crippen LogP contribution in [0.3, 0.4) is 0 Å². The summed E-state index contributed by atoms with van der Waals surface area (Å²) in [4.78, 5) is 13.8. The number of rotatable bonds is 6. The lowest BCUT2D eigenvalue weighted by Crippen LogP contribution is -2.46. The fraction of sp³-hybridized carbons (Fsp3) is 0.909. The molecule has 1 rings (SSSR count). The molecule has 2 N–H and O–H groups in total. The maximum atomic E-state index is 11.5. The Morgan fingerprint density at radius 3 is 2.50 bits per heavy atom. The minimum Gasteiger partial charge on any atom is -0.379 e. The van der Waals surface area contributed by atoms with Gasteiger partial charge in [-0.3, -0.25) is 9.69 Å². The number of nitrogens with one attached hydrogen (secondary N) is 2. The third kappa shape index (κ3) is 8.94. The molecule has 1 atom stereocenters. The van der Waals surface area contributed by atoms with Crippen LogP contribution in [0.25, 0.3) is 0 Å². The standard InChI is InChI=1S/C11H23N3O2.2ClH/c1-10(13-11(15)3-4-12-2)9-14-5-7-16-8-6-14;;/h10,12H,3-9H2,1-2H3,(H,13,15);2*1H. The molecule has 18 heavy (non-hydrogen) atoms. The van der Waals surface area contributed by atoms with E-state index in [-0.39, 0.29) is 36.8 Å². The van der Waals surface area contributed by atoms with Crippen molar-refractivity contribution in [3.05, 3.63) is 0 Å². The minimum atomic E-state index is 0. The van der Waals surface area contributed by atoms with E-state index >= 15 is 0 Å². The first-order valence-electron chi connectivity index (χ1n) is 5.96. The Morgan fingerprint density at radius 2 is 1.94 bits per heavy atom. The highest BCUT2D eigenvalue weighted by Crippen LogP contribution is 1.98. The van der Waals surface area contributed by atoms with E-state index in [2.05, 4.69) is 15.5 Å². The van der Waals surface area contributed by atoms with Crippen molar-refractivity contribution in [1.29, 1.82) is 0 Å². The third-order valence-corrected chi connectivity index (χ3v) is 2.65. The molecule has 110 valence electrons. The molecule has 0 saturated carbocycles. The monoisotopic (exact) mass is 301 g/mol. The van der Waals surface area contributed by atoms with Crippen molar-refractivity contribution in [2.24, 2.45) is 0 Å². The molecular formula is C11H25Cl2N3O2. The third-order valence-electron chi connectivity index (χ3n) is 2.65. The van der Waals surface area contributed by atoms with Crippen LogP contribution in [0.4, 0.5) is 0 Å². The lowest BCUT2D eigenvalue weighted by molar-refractivity contribution is -0.121. The number of morpholine rings is 1. The second kappa shape index (κ2) is 12.0. The van der Waals surface area contributed by atoms with Crippen molar-refractivity contribution in [2.75, 3.05) is 46.4 Å². The van der Waals surface area contributed by atoms with Crippen molar-refractivity contribution < 1.29 is 9.53 Å². The number of hydrogen-bond donors (Lipinski definition) is 2. The van der Waals surface area contributed by atoms with E-state index in [0.717, 1.165) is 39.4 Å². The molecule has 5 nitrogen and oxygen atoms in total. The van der Waals surface area contributed by atoms with Gasteiger partial charge in [0.15, 0.2) is 0 Å². The Balaban J connectivity index is 0. The summed E-state index contributed by atoms with van der Waals surface area (Å²) in [5, 5.41) is 5.97. The molecule has 0 bridgehead atoms. The lowest BCUT2D eigenvalue weighted by atomic mass is 10.2. The summed E-state index contributed by atoms with van der Waals surface area (Å²) in [5.74, 6) is 0.120. The van der Waals surface area contributed by atoms with Crippen molar-refractivity contribution in [3.63, 3.8) is 0 Å². The summed E-state index contributed by atoms with van der Waals surface area (Å²) < 4.78 is 5.28. The average Bonchev–Trinajstić information content (AvgIpc) is 2.27. The van der Waals surface area contributed by atoms with E-state index in [4.69, 9.17) is 4.74 Å². The average molecular weight is 302 g/mol. The molecule has 0 aromatic rings. The molecule has 0 spiro atoms. The number of nitrogens with zero attached hydrogens (tertiary/aromatic N) is 1. The van der Waals surface area contributed by atoms with Crippen LogP contribution in [0.2, 0.25) is 0 Å². The number of halogens is 2. The second-order valence-electron chi connectivity index (χ2n) is 4.24. The van der Waals surface area contributed by atoms with Gasteiger partial charge in [0.25, 0.3) is 0 Å². The van der Waals surface area contributed by atoms with Gasteiger partial charge in [-0.1, -0.05) is 0 Å². The largest absolute Gasteiger partial charge is 0.379 e. The van der Waals surface area contributed by atoms with Gasteiger partial charge in [0.2, 0.25) is 5.91 Å². The molecule has 1 fully saturated rings. The predicted molar refractivity (Wildman–Crippen MR) is 77.9 cm³/mol. The molecule has 0 aromatic heterocycles. The van der Waals surface area contributed by atoms with Crippen LogP contribution in [0, 0.1) is 0 Å². The maximum Gasteiger partial charge on any atom is 0.221 e. The molecule has 1 amide bonds. The second-order valence-corrected chi connectivity index (χ2v) is 4.24. The molecule has 1 heterocycles.